The highest BCUT2D eigenvalue weighted by Gasteiger charge is 2.20. The molecule has 0 bridgehead atoms. The van der Waals surface area contributed by atoms with E-state index in [0.29, 0.717) is 5.92 Å². The highest BCUT2D eigenvalue weighted by molar-refractivity contribution is 5.85. The molecule has 20 heavy (non-hydrogen) atoms. The van der Waals surface area contributed by atoms with Crippen LogP contribution >= 0.6 is 12.4 Å². The number of nitrogens with one attached hydrogen (secondary N) is 1. The average molecular weight is 303 g/mol. The lowest BCUT2D eigenvalue weighted by Gasteiger charge is -2.30. The van der Waals surface area contributed by atoms with Crippen LogP contribution < -0.4 is 5.32 Å². The van der Waals surface area contributed by atoms with Crippen LogP contribution in [0.1, 0.15) is 38.4 Å². The lowest BCUT2D eigenvalue weighted by molar-refractivity contribution is 0.158. The van der Waals surface area contributed by atoms with Gasteiger partial charge in [-0.15, -0.1) is 12.4 Å². The van der Waals surface area contributed by atoms with Gasteiger partial charge >= 0.3 is 0 Å². The van der Waals surface area contributed by atoms with Gasteiger partial charge < -0.3 is 9.84 Å². The molecule has 1 aliphatic heterocycles. The summed E-state index contributed by atoms with van der Waals surface area (Å²) in [7, 11) is 2.03. The summed E-state index contributed by atoms with van der Waals surface area (Å²) in [6.07, 6.45) is 3.41. The van der Waals surface area contributed by atoms with E-state index in [9.17, 15) is 0 Å². The van der Waals surface area contributed by atoms with Gasteiger partial charge in [0.1, 0.15) is 0 Å². The van der Waals surface area contributed by atoms with E-state index in [1.807, 2.05) is 7.05 Å². The molecule has 0 radical (unpaired) electrons. The molecule has 1 N–H and O–H groups in total. The lowest BCUT2D eigenvalue weighted by Crippen LogP contribution is -2.36. The minimum Gasteiger partial charge on any atom is -0.338 e. The first kappa shape index (κ1) is 17.4. The first-order valence-electron chi connectivity index (χ1n) is 7.35. The summed E-state index contributed by atoms with van der Waals surface area (Å²) >= 11 is 0. The largest absolute Gasteiger partial charge is 0.338 e. The first-order chi connectivity index (χ1) is 9.17. The predicted octanol–water partition coefficient (Wildman–Crippen LogP) is 2.12. The zero-order valence-corrected chi connectivity index (χ0v) is 13.6. The number of hydrogen-bond donors (Lipinski definition) is 1. The van der Waals surface area contributed by atoms with Crippen molar-refractivity contribution in [1.29, 1.82) is 0 Å². The molecule has 116 valence electrons. The van der Waals surface area contributed by atoms with Crippen molar-refractivity contribution in [2.75, 3.05) is 26.7 Å². The van der Waals surface area contributed by atoms with Gasteiger partial charge in [-0.1, -0.05) is 19.0 Å². The van der Waals surface area contributed by atoms with Crippen LogP contribution in [0, 0.1) is 11.8 Å². The minimum absolute atomic E-state index is 0. The second-order valence-electron chi connectivity index (χ2n) is 5.98. The number of hydrogen-bond acceptors (Lipinski definition) is 5. The Kier molecular flexibility index (Phi) is 7.48. The highest BCUT2D eigenvalue weighted by atomic mass is 35.5. The van der Waals surface area contributed by atoms with E-state index < -0.39 is 0 Å². The van der Waals surface area contributed by atoms with Crippen LogP contribution in [0.2, 0.25) is 0 Å². The van der Waals surface area contributed by atoms with Crippen LogP contribution in [0.25, 0.3) is 0 Å². The monoisotopic (exact) mass is 302 g/mol. The Morgan fingerprint density at radius 3 is 2.65 bits per heavy atom. The fourth-order valence-electron chi connectivity index (χ4n) is 2.63. The van der Waals surface area contributed by atoms with Crippen LogP contribution in [0.15, 0.2) is 4.52 Å². The number of piperidine rings is 1. The summed E-state index contributed by atoms with van der Waals surface area (Å²) in [5.41, 5.74) is 0. The number of halogens is 1. The highest BCUT2D eigenvalue weighted by Crippen LogP contribution is 2.18. The summed E-state index contributed by atoms with van der Waals surface area (Å²) in [6, 6.07) is 0. The van der Waals surface area contributed by atoms with Crippen molar-refractivity contribution >= 4 is 12.4 Å². The summed E-state index contributed by atoms with van der Waals surface area (Å²) in [5.74, 6) is 3.00. The molecular weight excluding hydrogens is 276 g/mol. The Bertz CT molecular complexity index is 375. The van der Waals surface area contributed by atoms with E-state index in [1.54, 1.807) is 0 Å². The summed E-state index contributed by atoms with van der Waals surface area (Å²) in [6.45, 7) is 8.54. The van der Waals surface area contributed by atoms with E-state index in [-0.39, 0.29) is 12.4 Å². The van der Waals surface area contributed by atoms with Crippen LogP contribution in [0.3, 0.4) is 0 Å². The molecule has 6 heteroatoms. The Hall–Kier alpha value is -0.650. The van der Waals surface area contributed by atoms with Gasteiger partial charge in [0, 0.05) is 6.42 Å². The molecule has 0 spiro atoms. The van der Waals surface area contributed by atoms with Gasteiger partial charge in [-0.2, -0.15) is 4.98 Å². The summed E-state index contributed by atoms with van der Waals surface area (Å²) in [5, 5.41) is 7.31. The first-order valence-corrected chi connectivity index (χ1v) is 7.35. The molecule has 2 rings (SSSR count). The third-order valence-corrected chi connectivity index (χ3v) is 3.66. The molecule has 0 aromatic carbocycles. The second-order valence-corrected chi connectivity index (χ2v) is 5.98. The molecule has 0 unspecified atom stereocenters. The van der Waals surface area contributed by atoms with Crippen LogP contribution in [0.5, 0.6) is 0 Å². The van der Waals surface area contributed by atoms with Gasteiger partial charge in [-0.3, -0.25) is 4.90 Å². The summed E-state index contributed by atoms with van der Waals surface area (Å²) in [4.78, 5) is 6.88. The number of nitrogens with zero attached hydrogens (tertiary/aromatic N) is 3. The number of likely N-dealkylation sites (tertiary alicyclic amines) is 1. The maximum Gasteiger partial charge on any atom is 0.240 e. The molecule has 0 amide bonds. The molecule has 0 saturated carbocycles. The number of aromatic nitrogens is 2. The van der Waals surface area contributed by atoms with Crippen LogP contribution in [0.4, 0.5) is 0 Å². The maximum absolute atomic E-state index is 5.33. The third-order valence-electron chi connectivity index (χ3n) is 3.66. The molecule has 1 saturated heterocycles. The average Bonchev–Trinajstić information content (AvgIpc) is 2.78. The van der Waals surface area contributed by atoms with Crippen molar-refractivity contribution in [1.82, 2.24) is 20.4 Å². The zero-order valence-electron chi connectivity index (χ0n) is 12.8. The van der Waals surface area contributed by atoms with E-state index in [4.69, 9.17) is 4.52 Å². The Morgan fingerprint density at radius 1 is 1.35 bits per heavy atom. The van der Waals surface area contributed by atoms with Gasteiger partial charge in [0.2, 0.25) is 5.89 Å². The van der Waals surface area contributed by atoms with E-state index in [2.05, 4.69) is 34.2 Å². The predicted molar refractivity (Wildman–Crippen MR) is 82.0 cm³/mol. The van der Waals surface area contributed by atoms with E-state index in [0.717, 1.165) is 50.2 Å². The zero-order chi connectivity index (χ0) is 13.7. The van der Waals surface area contributed by atoms with Gasteiger partial charge in [0.15, 0.2) is 5.82 Å². The van der Waals surface area contributed by atoms with Crippen molar-refractivity contribution < 1.29 is 4.52 Å². The molecule has 2 heterocycles. The van der Waals surface area contributed by atoms with Gasteiger partial charge in [0.05, 0.1) is 6.54 Å². The topological polar surface area (TPSA) is 54.2 Å². The minimum atomic E-state index is 0. The fraction of sp³-hybridized carbons (Fsp3) is 0.857. The van der Waals surface area contributed by atoms with Crippen molar-refractivity contribution in [3.63, 3.8) is 0 Å². The number of rotatable bonds is 6. The van der Waals surface area contributed by atoms with Crippen molar-refractivity contribution in [2.45, 2.75) is 39.7 Å². The summed E-state index contributed by atoms with van der Waals surface area (Å²) < 4.78 is 5.33. The molecule has 1 aromatic heterocycles. The van der Waals surface area contributed by atoms with Crippen molar-refractivity contribution in [2.24, 2.45) is 11.8 Å². The van der Waals surface area contributed by atoms with E-state index >= 15 is 0 Å². The lowest BCUT2D eigenvalue weighted by atomic mass is 9.97. The van der Waals surface area contributed by atoms with E-state index in [1.165, 1.54) is 12.8 Å². The second kappa shape index (κ2) is 8.60. The smallest absolute Gasteiger partial charge is 0.240 e. The molecule has 0 atom stereocenters. The van der Waals surface area contributed by atoms with Crippen molar-refractivity contribution in [3.05, 3.63) is 11.7 Å². The molecule has 1 fully saturated rings. The third kappa shape index (κ3) is 5.38. The Morgan fingerprint density at radius 2 is 2.05 bits per heavy atom. The van der Waals surface area contributed by atoms with Gasteiger partial charge in [0.25, 0.3) is 0 Å². The van der Waals surface area contributed by atoms with Crippen molar-refractivity contribution in [3.8, 4) is 0 Å². The Labute approximate surface area is 127 Å². The molecule has 1 aromatic rings. The molecule has 1 aliphatic rings. The quantitative estimate of drug-likeness (QED) is 0.872. The normalized spacial score (nSPS) is 17.4. The van der Waals surface area contributed by atoms with Crippen LogP contribution in [-0.2, 0) is 13.0 Å². The SMILES string of the molecule is CNCC1CCN(Cc2nc(CC(C)C)no2)CC1.Cl. The molecular formula is C14H27ClN4O. The van der Waals surface area contributed by atoms with Gasteiger partial charge in [-0.25, -0.2) is 0 Å². The standard InChI is InChI=1S/C14H26N4O.ClH/c1-11(2)8-13-16-14(19-17-13)10-18-6-4-12(5-7-18)9-15-3;/h11-12,15H,4-10H2,1-3H3;1H. The van der Waals surface area contributed by atoms with Crippen LogP contribution in [-0.4, -0.2) is 41.7 Å². The van der Waals surface area contributed by atoms with Gasteiger partial charge in [-0.05, 0) is 51.4 Å². The Balaban J connectivity index is 0.00000200. The molecule has 0 aliphatic carbocycles. The molecule has 5 nitrogen and oxygen atoms in total. The maximum atomic E-state index is 5.33. The fourth-order valence-corrected chi connectivity index (χ4v) is 2.63.